The Morgan fingerprint density at radius 3 is 2.89 bits per heavy atom. The molecule has 0 saturated carbocycles. The number of rotatable bonds is 4. The molecule has 1 aromatic carbocycles. The number of nitrogens with two attached hydrogens (primary N) is 1. The molecule has 3 nitrogen and oxygen atoms in total. The van der Waals surface area contributed by atoms with Crippen LogP contribution in [0, 0.1) is 5.82 Å². The van der Waals surface area contributed by atoms with Crippen LogP contribution in [0.25, 0.3) is 0 Å². The molecule has 0 amide bonds. The Morgan fingerprint density at radius 2 is 2.21 bits per heavy atom. The summed E-state index contributed by atoms with van der Waals surface area (Å²) >= 11 is 0. The second-order valence-electron chi connectivity index (χ2n) is 5.59. The van der Waals surface area contributed by atoms with Gasteiger partial charge in [-0.3, -0.25) is 4.90 Å². The Balaban J connectivity index is 2.05. The van der Waals surface area contributed by atoms with E-state index in [4.69, 9.17) is 5.73 Å². The number of piperidine rings is 1. The lowest BCUT2D eigenvalue weighted by Crippen LogP contribution is -2.44. The molecular weight excluding hydrogens is 241 g/mol. The van der Waals surface area contributed by atoms with Gasteiger partial charge in [0.1, 0.15) is 5.82 Å². The fourth-order valence-corrected chi connectivity index (χ4v) is 2.84. The third-order valence-electron chi connectivity index (χ3n) is 4.03. The van der Waals surface area contributed by atoms with Crippen molar-refractivity contribution in [2.75, 3.05) is 27.2 Å². The Bertz CT molecular complexity index is 422. The first-order valence-electron chi connectivity index (χ1n) is 6.96. The van der Waals surface area contributed by atoms with E-state index in [2.05, 4.69) is 23.9 Å². The molecule has 1 aliphatic heterocycles. The van der Waals surface area contributed by atoms with E-state index in [0.29, 0.717) is 12.6 Å². The van der Waals surface area contributed by atoms with Gasteiger partial charge in [-0.05, 0) is 56.7 Å². The summed E-state index contributed by atoms with van der Waals surface area (Å²) in [6.45, 7) is 3.50. The van der Waals surface area contributed by atoms with Crippen molar-refractivity contribution in [1.82, 2.24) is 9.80 Å². The van der Waals surface area contributed by atoms with Gasteiger partial charge >= 0.3 is 0 Å². The van der Waals surface area contributed by atoms with Crippen LogP contribution in [0.4, 0.5) is 4.39 Å². The molecule has 4 heteroatoms. The Labute approximate surface area is 115 Å². The van der Waals surface area contributed by atoms with Crippen molar-refractivity contribution in [3.8, 4) is 0 Å². The van der Waals surface area contributed by atoms with E-state index in [1.54, 1.807) is 12.1 Å². The van der Waals surface area contributed by atoms with E-state index in [1.807, 2.05) is 0 Å². The topological polar surface area (TPSA) is 32.5 Å². The smallest absolute Gasteiger partial charge is 0.123 e. The van der Waals surface area contributed by atoms with Crippen molar-refractivity contribution in [1.29, 1.82) is 0 Å². The molecule has 2 N–H and O–H groups in total. The van der Waals surface area contributed by atoms with E-state index in [9.17, 15) is 4.39 Å². The summed E-state index contributed by atoms with van der Waals surface area (Å²) in [6.07, 6.45) is 2.45. The van der Waals surface area contributed by atoms with E-state index in [0.717, 1.165) is 24.2 Å². The van der Waals surface area contributed by atoms with Gasteiger partial charge in [-0.25, -0.2) is 4.39 Å². The van der Waals surface area contributed by atoms with Crippen LogP contribution in [0.15, 0.2) is 18.2 Å². The zero-order valence-corrected chi connectivity index (χ0v) is 11.9. The SMILES string of the molecule is CN1CCCC(N(C)Cc2cc(F)ccc2CN)C1. The summed E-state index contributed by atoms with van der Waals surface area (Å²) < 4.78 is 13.4. The molecule has 1 fully saturated rings. The maximum absolute atomic E-state index is 13.4. The lowest BCUT2D eigenvalue weighted by molar-refractivity contribution is 0.129. The van der Waals surface area contributed by atoms with Crippen molar-refractivity contribution < 1.29 is 4.39 Å². The Hall–Kier alpha value is -0.970. The molecule has 1 aromatic rings. The standard InChI is InChI=1S/C15H24FN3/c1-18-7-3-4-15(11-18)19(2)10-13-8-14(16)6-5-12(13)9-17/h5-6,8,15H,3-4,7,9-11,17H2,1-2H3. The van der Waals surface area contributed by atoms with Crippen LogP contribution in [0.5, 0.6) is 0 Å². The van der Waals surface area contributed by atoms with Gasteiger partial charge in [0.2, 0.25) is 0 Å². The second kappa shape index (κ2) is 6.46. The highest BCUT2D eigenvalue weighted by atomic mass is 19.1. The van der Waals surface area contributed by atoms with Crippen molar-refractivity contribution in [3.63, 3.8) is 0 Å². The predicted molar refractivity (Wildman–Crippen MR) is 76.3 cm³/mol. The number of hydrogen-bond acceptors (Lipinski definition) is 3. The molecule has 1 heterocycles. The maximum Gasteiger partial charge on any atom is 0.123 e. The van der Waals surface area contributed by atoms with Crippen LogP contribution in [-0.2, 0) is 13.1 Å². The molecule has 0 radical (unpaired) electrons. The monoisotopic (exact) mass is 265 g/mol. The summed E-state index contributed by atoms with van der Waals surface area (Å²) in [6, 6.07) is 5.45. The predicted octanol–water partition coefficient (Wildman–Crippen LogP) is 1.81. The first kappa shape index (κ1) is 14.4. The summed E-state index contributed by atoms with van der Waals surface area (Å²) in [7, 11) is 4.28. The molecule has 0 aromatic heterocycles. The molecule has 0 bridgehead atoms. The van der Waals surface area contributed by atoms with Crippen LogP contribution >= 0.6 is 0 Å². The quantitative estimate of drug-likeness (QED) is 0.901. The van der Waals surface area contributed by atoms with Gasteiger partial charge < -0.3 is 10.6 Å². The minimum Gasteiger partial charge on any atom is -0.326 e. The maximum atomic E-state index is 13.4. The largest absolute Gasteiger partial charge is 0.326 e. The lowest BCUT2D eigenvalue weighted by atomic mass is 10.0. The summed E-state index contributed by atoms with van der Waals surface area (Å²) in [5.74, 6) is -0.179. The van der Waals surface area contributed by atoms with Crippen molar-refractivity contribution in [2.45, 2.75) is 32.0 Å². The van der Waals surface area contributed by atoms with Gasteiger partial charge in [0.05, 0.1) is 0 Å². The average Bonchev–Trinajstić information content (AvgIpc) is 2.39. The van der Waals surface area contributed by atoms with Crippen molar-refractivity contribution >= 4 is 0 Å². The molecule has 2 rings (SSSR count). The number of hydrogen-bond donors (Lipinski definition) is 1. The third kappa shape index (κ3) is 3.75. The summed E-state index contributed by atoms with van der Waals surface area (Å²) in [5, 5.41) is 0. The summed E-state index contributed by atoms with van der Waals surface area (Å²) in [5.41, 5.74) is 7.78. The fraction of sp³-hybridized carbons (Fsp3) is 0.600. The third-order valence-corrected chi connectivity index (χ3v) is 4.03. The average molecular weight is 265 g/mol. The molecule has 1 atom stereocenters. The molecule has 106 valence electrons. The van der Waals surface area contributed by atoms with Gasteiger partial charge in [0.25, 0.3) is 0 Å². The number of likely N-dealkylation sites (N-methyl/N-ethyl adjacent to an activating group) is 2. The van der Waals surface area contributed by atoms with Gasteiger partial charge in [0, 0.05) is 25.7 Å². The van der Waals surface area contributed by atoms with Crippen LogP contribution in [0.2, 0.25) is 0 Å². The fourth-order valence-electron chi connectivity index (χ4n) is 2.84. The molecule has 1 saturated heterocycles. The van der Waals surface area contributed by atoms with E-state index >= 15 is 0 Å². The molecular formula is C15H24FN3. The minimum atomic E-state index is -0.179. The van der Waals surface area contributed by atoms with E-state index in [-0.39, 0.29) is 5.82 Å². The minimum absolute atomic E-state index is 0.179. The first-order chi connectivity index (χ1) is 9.10. The van der Waals surface area contributed by atoms with Gasteiger partial charge in [0.15, 0.2) is 0 Å². The molecule has 19 heavy (non-hydrogen) atoms. The van der Waals surface area contributed by atoms with Crippen molar-refractivity contribution in [2.24, 2.45) is 5.73 Å². The number of nitrogens with zero attached hydrogens (tertiary/aromatic N) is 2. The first-order valence-corrected chi connectivity index (χ1v) is 6.96. The highest BCUT2D eigenvalue weighted by Crippen LogP contribution is 2.18. The Kier molecular flexibility index (Phi) is 4.91. The summed E-state index contributed by atoms with van der Waals surface area (Å²) in [4.78, 5) is 4.68. The zero-order valence-electron chi connectivity index (χ0n) is 11.9. The lowest BCUT2D eigenvalue weighted by Gasteiger charge is -2.36. The Morgan fingerprint density at radius 1 is 1.42 bits per heavy atom. The molecule has 0 spiro atoms. The number of benzene rings is 1. The highest BCUT2D eigenvalue weighted by Gasteiger charge is 2.21. The normalized spacial score (nSPS) is 21.0. The molecule has 1 aliphatic rings. The van der Waals surface area contributed by atoms with Gasteiger partial charge in [-0.1, -0.05) is 6.07 Å². The zero-order chi connectivity index (χ0) is 13.8. The van der Waals surface area contributed by atoms with E-state index < -0.39 is 0 Å². The van der Waals surface area contributed by atoms with Crippen LogP contribution in [0.1, 0.15) is 24.0 Å². The van der Waals surface area contributed by atoms with Gasteiger partial charge in [-0.2, -0.15) is 0 Å². The van der Waals surface area contributed by atoms with Gasteiger partial charge in [-0.15, -0.1) is 0 Å². The number of halogens is 1. The van der Waals surface area contributed by atoms with E-state index in [1.165, 1.54) is 25.5 Å². The highest BCUT2D eigenvalue weighted by molar-refractivity contribution is 5.27. The molecule has 0 aliphatic carbocycles. The van der Waals surface area contributed by atoms with Crippen LogP contribution < -0.4 is 5.73 Å². The van der Waals surface area contributed by atoms with Crippen LogP contribution in [-0.4, -0.2) is 43.0 Å². The van der Waals surface area contributed by atoms with Crippen LogP contribution in [0.3, 0.4) is 0 Å². The number of likely N-dealkylation sites (tertiary alicyclic amines) is 1. The second-order valence-corrected chi connectivity index (χ2v) is 5.59. The molecule has 1 unspecified atom stereocenters. The van der Waals surface area contributed by atoms with Crippen molar-refractivity contribution in [3.05, 3.63) is 35.1 Å².